The Balaban J connectivity index is 0. The van der Waals surface area contributed by atoms with Crippen molar-refractivity contribution < 1.29 is 9.90 Å². The van der Waals surface area contributed by atoms with Gasteiger partial charge in [-0.3, -0.25) is 4.79 Å². The van der Waals surface area contributed by atoms with E-state index in [0.29, 0.717) is 6.54 Å². The Morgan fingerprint density at radius 2 is 1.62 bits per heavy atom. The number of carboxylic acid groups (broad SMARTS) is 1. The van der Waals surface area contributed by atoms with E-state index in [2.05, 4.69) is 18.7 Å². The Kier molecular flexibility index (Phi) is 14.1. The van der Waals surface area contributed by atoms with Gasteiger partial charge in [-0.25, -0.2) is 0 Å². The third-order valence-corrected chi connectivity index (χ3v) is 1.72. The zero-order valence-electron chi connectivity index (χ0n) is 8.05. The van der Waals surface area contributed by atoms with Crippen LogP contribution < -0.4 is 0 Å². The van der Waals surface area contributed by atoms with Crippen molar-refractivity contribution in [3.05, 3.63) is 0 Å². The Hall–Kier alpha value is 1.07. The first-order chi connectivity index (χ1) is 5.70. The fourth-order valence-electron chi connectivity index (χ4n) is 1.22. The Labute approximate surface area is 123 Å². The molecule has 13 heavy (non-hydrogen) atoms. The first-order valence-electron chi connectivity index (χ1n) is 4.64. The molecule has 3 nitrogen and oxygen atoms in total. The summed E-state index contributed by atoms with van der Waals surface area (Å²) in [6.07, 6.45) is 2.46. The van der Waals surface area contributed by atoms with Crippen molar-refractivity contribution >= 4 is 57.4 Å². The second-order valence-electron chi connectivity index (χ2n) is 2.99. The molecule has 0 aromatic carbocycles. The number of rotatable bonds is 7. The maximum atomic E-state index is 10.3. The van der Waals surface area contributed by atoms with Crippen molar-refractivity contribution in [2.45, 2.75) is 33.1 Å². The van der Waals surface area contributed by atoms with Crippen LogP contribution in [-0.2, 0) is 4.79 Å². The Bertz CT molecular complexity index is 125. The van der Waals surface area contributed by atoms with Gasteiger partial charge in [0, 0.05) is 6.54 Å². The summed E-state index contributed by atoms with van der Waals surface area (Å²) in [5.74, 6) is -0.702. The number of nitrogens with zero attached hydrogens (tertiary/aromatic N) is 1. The minimum atomic E-state index is -0.702. The molecule has 0 aromatic heterocycles. The van der Waals surface area contributed by atoms with Crippen LogP contribution in [0.5, 0.6) is 0 Å². The van der Waals surface area contributed by atoms with Crippen LogP contribution in [0.25, 0.3) is 0 Å². The molecule has 0 aromatic rings. The summed E-state index contributed by atoms with van der Waals surface area (Å²) in [6, 6.07) is 0. The molecule has 0 rings (SSSR count). The fourth-order valence-corrected chi connectivity index (χ4v) is 1.22. The summed E-state index contributed by atoms with van der Waals surface area (Å²) in [7, 11) is 0. The summed E-state index contributed by atoms with van der Waals surface area (Å²) in [5.41, 5.74) is 0. The van der Waals surface area contributed by atoms with Gasteiger partial charge in [0.2, 0.25) is 0 Å². The molecule has 0 heterocycles. The van der Waals surface area contributed by atoms with Crippen molar-refractivity contribution in [1.82, 2.24) is 4.90 Å². The van der Waals surface area contributed by atoms with E-state index in [1.165, 1.54) is 0 Å². The van der Waals surface area contributed by atoms with E-state index >= 15 is 0 Å². The number of carboxylic acids is 1. The van der Waals surface area contributed by atoms with Crippen LogP contribution >= 0.6 is 0 Å². The second kappa shape index (κ2) is 11.1. The van der Waals surface area contributed by atoms with Crippen LogP contribution in [0, 0.1) is 0 Å². The van der Waals surface area contributed by atoms with Crippen molar-refractivity contribution in [2.24, 2.45) is 0 Å². The number of hydrogen-bond donors (Lipinski definition) is 1. The molecular formula is C9H20KNO2. The van der Waals surface area contributed by atoms with Gasteiger partial charge >= 0.3 is 57.4 Å². The predicted molar refractivity (Wildman–Crippen MR) is 56.4 cm³/mol. The van der Waals surface area contributed by atoms with E-state index in [1.54, 1.807) is 0 Å². The summed E-state index contributed by atoms with van der Waals surface area (Å²) < 4.78 is 0. The standard InChI is InChI=1S/C9H19NO2.K.H/c1-3-6-10(7-4-2)8-5-9(11)12;;/h3-8H2,1-2H3,(H,11,12);;. The van der Waals surface area contributed by atoms with E-state index in [9.17, 15) is 4.79 Å². The summed E-state index contributed by atoms with van der Waals surface area (Å²) in [4.78, 5) is 12.5. The molecule has 0 amide bonds. The van der Waals surface area contributed by atoms with Gasteiger partial charge in [0.05, 0.1) is 6.42 Å². The molecule has 0 aliphatic rings. The van der Waals surface area contributed by atoms with Crippen LogP contribution in [0.2, 0.25) is 0 Å². The summed E-state index contributed by atoms with van der Waals surface area (Å²) in [6.45, 7) is 6.95. The first-order valence-corrected chi connectivity index (χ1v) is 4.64. The topological polar surface area (TPSA) is 40.5 Å². The fraction of sp³-hybridized carbons (Fsp3) is 0.889. The molecule has 0 radical (unpaired) electrons. The van der Waals surface area contributed by atoms with Gasteiger partial charge in [-0.15, -0.1) is 0 Å². The van der Waals surface area contributed by atoms with E-state index < -0.39 is 5.97 Å². The molecule has 0 spiro atoms. The predicted octanol–water partition coefficient (Wildman–Crippen LogP) is 0.935. The molecule has 0 saturated heterocycles. The number of carbonyl (C=O) groups is 1. The van der Waals surface area contributed by atoms with Crippen LogP contribution in [-0.4, -0.2) is 87.0 Å². The number of aliphatic carboxylic acids is 1. The molecule has 0 unspecified atom stereocenters. The average Bonchev–Trinajstić information content (AvgIpc) is 2.01. The van der Waals surface area contributed by atoms with Crippen molar-refractivity contribution in [3.8, 4) is 0 Å². The molecule has 1 N–H and O–H groups in total. The van der Waals surface area contributed by atoms with Crippen LogP contribution in [0.4, 0.5) is 0 Å². The molecule has 4 heteroatoms. The maximum absolute atomic E-state index is 10.3. The normalized spacial score (nSPS) is 9.77. The second-order valence-corrected chi connectivity index (χ2v) is 2.99. The third kappa shape index (κ3) is 11.0. The van der Waals surface area contributed by atoms with Gasteiger partial charge in [0.15, 0.2) is 0 Å². The quantitative estimate of drug-likeness (QED) is 0.640. The van der Waals surface area contributed by atoms with E-state index in [0.717, 1.165) is 25.9 Å². The van der Waals surface area contributed by atoms with Gasteiger partial charge in [-0.05, 0) is 25.9 Å². The molecule has 0 atom stereocenters. The molecule has 74 valence electrons. The Morgan fingerprint density at radius 1 is 1.15 bits per heavy atom. The van der Waals surface area contributed by atoms with Gasteiger partial charge in [0.1, 0.15) is 0 Å². The van der Waals surface area contributed by atoms with Crippen molar-refractivity contribution in [1.29, 1.82) is 0 Å². The van der Waals surface area contributed by atoms with Gasteiger partial charge in [-0.1, -0.05) is 13.8 Å². The summed E-state index contributed by atoms with van der Waals surface area (Å²) >= 11 is 0. The third-order valence-electron chi connectivity index (χ3n) is 1.72. The Morgan fingerprint density at radius 3 is 1.92 bits per heavy atom. The van der Waals surface area contributed by atoms with E-state index in [-0.39, 0.29) is 57.8 Å². The minimum absolute atomic E-state index is 0. The van der Waals surface area contributed by atoms with E-state index in [1.807, 2.05) is 0 Å². The first kappa shape index (κ1) is 16.5. The van der Waals surface area contributed by atoms with Crippen LogP contribution in [0.1, 0.15) is 33.1 Å². The monoisotopic (exact) mass is 213 g/mol. The van der Waals surface area contributed by atoms with Gasteiger partial charge < -0.3 is 10.0 Å². The molecule has 0 bridgehead atoms. The molecule has 0 aliphatic carbocycles. The van der Waals surface area contributed by atoms with Crippen molar-refractivity contribution in [2.75, 3.05) is 19.6 Å². The molecule has 0 aliphatic heterocycles. The average molecular weight is 213 g/mol. The van der Waals surface area contributed by atoms with Crippen molar-refractivity contribution in [3.63, 3.8) is 0 Å². The van der Waals surface area contributed by atoms with Gasteiger partial charge in [0.25, 0.3) is 0 Å². The molecular weight excluding hydrogens is 193 g/mol. The van der Waals surface area contributed by atoms with E-state index in [4.69, 9.17) is 5.11 Å². The number of hydrogen-bond acceptors (Lipinski definition) is 2. The SMILES string of the molecule is CCCN(CCC)CCC(=O)O.[KH]. The van der Waals surface area contributed by atoms with Crippen LogP contribution in [0.3, 0.4) is 0 Å². The molecule has 0 saturated carbocycles. The summed E-state index contributed by atoms with van der Waals surface area (Å²) in [5, 5.41) is 8.47. The zero-order valence-corrected chi connectivity index (χ0v) is 8.05. The van der Waals surface area contributed by atoms with Gasteiger partial charge in [-0.2, -0.15) is 0 Å². The van der Waals surface area contributed by atoms with Crippen LogP contribution in [0.15, 0.2) is 0 Å². The zero-order chi connectivity index (χ0) is 9.40. The molecule has 0 fully saturated rings.